The van der Waals surface area contributed by atoms with Gasteiger partial charge in [-0.05, 0) is 43.7 Å². The third kappa shape index (κ3) is 4.75. The fourth-order valence-corrected chi connectivity index (χ4v) is 4.48. The summed E-state index contributed by atoms with van der Waals surface area (Å²) in [5.74, 6) is 2.29. The van der Waals surface area contributed by atoms with Crippen molar-refractivity contribution >= 4 is 28.3 Å². The van der Waals surface area contributed by atoms with E-state index in [0.717, 1.165) is 46.1 Å². The van der Waals surface area contributed by atoms with Gasteiger partial charge >= 0.3 is 0 Å². The molecule has 166 valence electrons. The van der Waals surface area contributed by atoms with Gasteiger partial charge in [0.15, 0.2) is 11.5 Å². The number of methoxy groups -OCH3 is 2. The molecular weight excluding hydrogens is 424 g/mol. The van der Waals surface area contributed by atoms with Gasteiger partial charge in [0.1, 0.15) is 10.8 Å². The van der Waals surface area contributed by atoms with Gasteiger partial charge in [0, 0.05) is 24.0 Å². The van der Waals surface area contributed by atoms with Crippen LogP contribution in [0.4, 0.5) is 0 Å². The highest BCUT2D eigenvalue weighted by Crippen LogP contribution is 2.33. The number of hydrogen-bond donors (Lipinski definition) is 1. The predicted octanol–water partition coefficient (Wildman–Crippen LogP) is 4.23. The number of hydrogen-bond acceptors (Lipinski definition) is 6. The van der Waals surface area contributed by atoms with Crippen molar-refractivity contribution < 1.29 is 14.3 Å². The molecule has 0 radical (unpaired) electrons. The first-order valence-corrected chi connectivity index (χ1v) is 11.3. The molecule has 0 aliphatic carbocycles. The molecular formula is C24H26N4O3S. The van der Waals surface area contributed by atoms with Crippen molar-refractivity contribution in [1.82, 2.24) is 19.9 Å². The quantitative estimate of drug-likeness (QED) is 0.386. The lowest BCUT2D eigenvalue weighted by atomic mass is 10.2. The molecule has 2 heterocycles. The smallest absolute Gasteiger partial charge is 0.226 e. The van der Waals surface area contributed by atoms with Crippen LogP contribution < -0.4 is 14.8 Å². The maximum atomic E-state index is 12.4. The Bertz CT molecular complexity index is 1230. The normalized spacial score (nSPS) is 11.0. The zero-order valence-electron chi connectivity index (χ0n) is 18.4. The molecule has 2 aromatic heterocycles. The van der Waals surface area contributed by atoms with Crippen molar-refractivity contribution in [1.29, 1.82) is 0 Å². The van der Waals surface area contributed by atoms with E-state index < -0.39 is 0 Å². The van der Waals surface area contributed by atoms with Crippen LogP contribution in [0.3, 0.4) is 0 Å². The Morgan fingerprint density at radius 2 is 1.91 bits per heavy atom. The molecule has 2 aromatic carbocycles. The highest BCUT2D eigenvalue weighted by Gasteiger charge is 2.12. The Hall–Kier alpha value is -3.39. The van der Waals surface area contributed by atoms with E-state index in [0.29, 0.717) is 18.0 Å². The number of aryl methyl sites for hydroxylation is 2. The molecule has 4 rings (SSSR count). The lowest BCUT2D eigenvalue weighted by molar-refractivity contribution is -0.120. The van der Waals surface area contributed by atoms with Crippen LogP contribution in [0.25, 0.3) is 21.6 Å². The number of benzene rings is 2. The van der Waals surface area contributed by atoms with Crippen LogP contribution >= 0.6 is 11.3 Å². The van der Waals surface area contributed by atoms with Crippen molar-refractivity contribution in [2.45, 2.75) is 26.3 Å². The topological polar surface area (TPSA) is 78.3 Å². The van der Waals surface area contributed by atoms with Gasteiger partial charge in [-0.3, -0.25) is 4.79 Å². The Labute approximate surface area is 191 Å². The molecule has 0 aliphatic heterocycles. The van der Waals surface area contributed by atoms with Crippen LogP contribution in [0.1, 0.15) is 17.9 Å². The largest absolute Gasteiger partial charge is 0.493 e. The minimum Gasteiger partial charge on any atom is -0.493 e. The van der Waals surface area contributed by atoms with Gasteiger partial charge in [-0.1, -0.05) is 12.1 Å². The molecule has 0 unspecified atom stereocenters. The maximum Gasteiger partial charge on any atom is 0.226 e. The summed E-state index contributed by atoms with van der Waals surface area (Å²) < 4.78 is 12.8. The summed E-state index contributed by atoms with van der Waals surface area (Å²) in [4.78, 5) is 21.6. The number of para-hydroxylation sites is 2. The summed E-state index contributed by atoms with van der Waals surface area (Å²) >= 11 is 1.51. The highest BCUT2D eigenvalue weighted by molar-refractivity contribution is 7.13. The SMILES string of the molecule is COc1ccc(-c2nc(CC(=O)NCCCn3c(C)nc4ccccc43)cs2)cc1OC. The molecule has 0 bridgehead atoms. The average molecular weight is 451 g/mol. The van der Waals surface area contributed by atoms with Crippen LogP contribution in [0, 0.1) is 6.92 Å². The van der Waals surface area contributed by atoms with E-state index in [9.17, 15) is 4.79 Å². The molecule has 1 N–H and O–H groups in total. The second-order valence-corrected chi connectivity index (χ2v) is 8.25. The second kappa shape index (κ2) is 9.82. The summed E-state index contributed by atoms with van der Waals surface area (Å²) in [7, 11) is 3.21. The van der Waals surface area contributed by atoms with Crippen LogP contribution in [0.2, 0.25) is 0 Å². The summed E-state index contributed by atoms with van der Waals surface area (Å²) in [6, 6.07) is 13.8. The Balaban J connectivity index is 1.29. The Kier molecular flexibility index (Phi) is 6.70. The zero-order valence-corrected chi connectivity index (χ0v) is 19.2. The van der Waals surface area contributed by atoms with E-state index in [4.69, 9.17) is 9.47 Å². The fourth-order valence-electron chi connectivity index (χ4n) is 3.66. The highest BCUT2D eigenvalue weighted by atomic mass is 32.1. The van der Waals surface area contributed by atoms with Crippen LogP contribution in [0.5, 0.6) is 11.5 Å². The summed E-state index contributed by atoms with van der Waals surface area (Å²) in [6.07, 6.45) is 1.09. The fraction of sp³-hybridized carbons (Fsp3) is 0.292. The van der Waals surface area contributed by atoms with Crippen LogP contribution in [-0.2, 0) is 17.8 Å². The summed E-state index contributed by atoms with van der Waals surface area (Å²) in [6.45, 7) is 3.43. The number of rotatable bonds is 9. The monoisotopic (exact) mass is 450 g/mol. The van der Waals surface area contributed by atoms with Crippen LogP contribution in [0.15, 0.2) is 47.8 Å². The van der Waals surface area contributed by atoms with Crippen molar-refractivity contribution in [3.05, 3.63) is 59.4 Å². The number of amides is 1. The van der Waals surface area contributed by atoms with Crippen molar-refractivity contribution in [2.24, 2.45) is 0 Å². The molecule has 4 aromatic rings. The van der Waals surface area contributed by atoms with E-state index in [1.54, 1.807) is 14.2 Å². The third-order valence-electron chi connectivity index (χ3n) is 5.25. The summed E-state index contributed by atoms with van der Waals surface area (Å²) in [5.41, 5.74) is 3.82. The predicted molar refractivity (Wildman–Crippen MR) is 126 cm³/mol. The number of nitrogens with zero attached hydrogens (tertiary/aromatic N) is 3. The van der Waals surface area contributed by atoms with Crippen molar-refractivity contribution in [3.8, 4) is 22.1 Å². The molecule has 0 atom stereocenters. The van der Waals surface area contributed by atoms with E-state index in [2.05, 4.69) is 25.9 Å². The van der Waals surface area contributed by atoms with Gasteiger partial charge in [-0.2, -0.15) is 0 Å². The molecule has 32 heavy (non-hydrogen) atoms. The maximum absolute atomic E-state index is 12.4. The summed E-state index contributed by atoms with van der Waals surface area (Å²) in [5, 5.41) is 5.77. The average Bonchev–Trinajstić information content (AvgIpc) is 3.40. The van der Waals surface area contributed by atoms with Crippen LogP contribution in [-0.4, -0.2) is 41.2 Å². The number of aromatic nitrogens is 3. The minimum absolute atomic E-state index is 0.0265. The van der Waals surface area contributed by atoms with E-state index in [1.807, 2.05) is 48.7 Å². The molecule has 1 amide bonds. The van der Waals surface area contributed by atoms with Crippen molar-refractivity contribution in [3.63, 3.8) is 0 Å². The Morgan fingerprint density at radius 3 is 2.72 bits per heavy atom. The minimum atomic E-state index is -0.0265. The first-order chi connectivity index (χ1) is 15.6. The van der Waals surface area contributed by atoms with Gasteiger partial charge < -0.3 is 19.4 Å². The number of carbonyl (C=O) groups is 1. The van der Waals surface area contributed by atoms with Gasteiger partial charge in [0.25, 0.3) is 0 Å². The molecule has 0 saturated carbocycles. The number of fused-ring (bicyclic) bond motifs is 1. The lowest BCUT2D eigenvalue weighted by Gasteiger charge is -2.08. The number of carbonyl (C=O) groups excluding carboxylic acids is 1. The number of imidazole rings is 1. The number of ether oxygens (including phenoxy) is 2. The number of thiazole rings is 1. The lowest BCUT2D eigenvalue weighted by Crippen LogP contribution is -2.27. The Morgan fingerprint density at radius 1 is 1.09 bits per heavy atom. The molecule has 0 aliphatic rings. The second-order valence-electron chi connectivity index (χ2n) is 7.39. The van der Waals surface area contributed by atoms with E-state index in [-0.39, 0.29) is 12.3 Å². The molecule has 0 spiro atoms. The van der Waals surface area contributed by atoms with E-state index in [1.165, 1.54) is 11.3 Å². The zero-order chi connectivity index (χ0) is 22.5. The van der Waals surface area contributed by atoms with Gasteiger partial charge in [-0.25, -0.2) is 9.97 Å². The van der Waals surface area contributed by atoms with Gasteiger partial charge in [0.2, 0.25) is 5.91 Å². The third-order valence-corrected chi connectivity index (χ3v) is 6.19. The molecule has 0 saturated heterocycles. The van der Waals surface area contributed by atoms with Crippen molar-refractivity contribution in [2.75, 3.05) is 20.8 Å². The van der Waals surface area contributed by atoms with Gasteiger partial charge in [0.05, 0.1) is 37.4 Å². The standard InChI is InChI=1S/C24H26N4O3S/c1-16-26-19-7-4-5-8-20(19)28(16)12-6-11-25-23(29)14-18-15-32-24(27-18)17-9-10-21(30-2)22(13-17)31-3/h4-5,7-10,13,15H,6,11-12,14H2,1-3H3,(H,25,29). The molecule has 7 nitrogen and oxygen atoms in total. The first-order valence-electron chi connectivity index (χ1n) is 10.4. The number of nitrogens with one attached hydrogen (secondary N) is 1. The van der Waals surface area contributed by atoms with Gasteiger partial charge in [-0.15, -0.1) is 11.3 Å². The molecule has 8 heteroatoms. The van der Waals surface area contributed by atoms with E-state index >= 15 is 0 Å². The first kappa shape index (κ1) is 21.8. The molecule has 0 fully saturated rings.